The van der Waals surface area contributed by atoms with Gasteiger partial charge in [-0.25, -0.2) is 0 Å². The molecule has 0 fully saturated rings. The lowest BCUT2D eigenvalue weighted by Crippen LogP contribution is -2.39. The Morgan fingerprint density at radius 2 is 1.19 bits per heavy atom. The van der Waals surface area contributed by atoms with Gasteiger partial charge < -0.3 is 9.47 Å². The van der Waals surface area contributed by atoms with Crippen LogP contribution in [-0.2, 0) is 24.2 Å². The van der Waals surface area contributed by atoms with Crippen molar-refractivity contribution in [1.82, 2.24) is 9.47 Å². The Labute approximate surface area is 184 Å². The second-order valence-electron chi connectivity index (χ2n) is 7.82. The molecule has 1 atom stereocenters. The fraction of sp³-hybridized carbons (Fsp3) is 0.179. The molecule has 3 nitrogen and oxygen atoms in total. The van der Waals surface area contributed by atoms with E-state index in [0.717, 1.165) is 17.5 Å². The standard InChI is InChI=1S/C28H28N2O/c31-28(27(29-19-10-11-20-29)22-25-14-6-2-7-15-25)30(23-26-16-8-3-9-17-26)21-18-24-12-4-1-5-13-24/h1-17,19-20,27H,18,21-23H2/t27-/m1/s1. The normalized spacial score (nSPS) is 11.7. The molecular formula is C28H28N2O. The fourth-order valence-corrected chi connectivity index (χ4v) is 3.90. The zero-order chi connectivity index (χ0) is 21.3. The van der Waals surface area contributed by atoms with Crippen molar-refractivity contribution in [2.45, 2.75) is 25.4 Å². The van der Waals surface area contributed by atoms with Crippen LogP contribution in [-0.4, -0.2) is 21.9 Å². The second-order valence-corrected chi connectivity index (χ2v) is 7.82. The molecule has 0 saturated heterocycles. The molecule has 4 rings (SSSR count). The highest BCUT2D eigenvalue weighted by Crippen LogP contribution is 2.20. The summed E-state index contributed by atoms with van der Waals surface area (Å²) in [6.07, 6.45) is 5.49. The van der Waals surface area contributed by atoms with Gasteiger partial charge in [0.25, 0.3) is 0 Å². The number of hydrogen-bond acceptors (Lipinski definition) is 1. The Balaban J connectivity index is 1.59. The molecule has 0 saturated carbocycles. The van der Waals surface area contributed by atoms with Gasteiger partial charge in [-0.3, -0.25) is 4.79 Å². The van der Waals surface area contributed by atoms with Crippen molar-refractivity contribution in [3.05, 3.63) is 132 Å². The number of benzene rings is 3. The Kier molecular flexibility index (Phi) is 6.96. The van der Waals surface area contributed by atoms with Crippen LogP contribution in [0.2, 0.25) is 0 Å². The Bertz CT molecular complexity index is 1040. The van der Waals surface area contributed by atoms with E-state index in [2.05, 4.69) is 48.5 Å². The first-order valence-corrected chi connectivity index (χ1v) is 10.8. The van der Waals surface area contributed by atoms with Crippen molar-refractivity contribution in [3.63, 3.8) is 0 Å². The van der Waals surface area contributed by atoms with E-state index in [-0.39, 0.29) is 11.9 Å². The quantitative estimate of drug-likeness (QED) is 0.357. The summed E-state index contributed by atoms with van der Waals surface area (Å²) in [5, 5.41) is 0. The first kappa shape index (κ1) is 20.7. The van der Waals surface area contributed by atoms with Crippen LogP contribution < -0.4 is 0 Å². The van der Waals surface area contributed by atoms with Gasteiger partial charge in [0, 0.05) is 31.9 Å². The molecule has 3 aromatic carbocycles. The summed E-state index contributed by atoms with van der Waals surface area (Å²) in [4.78, 5) is 15.9. The van der Waals surface area contributed by atoms with Gasteiger partial charge in [-0.1, -0.05) is 91.0 Å². The highest BCUT2D eigenvalue weighted by Gasteiger charge is 2.26. The van der Waals surface area contributed by atoms with Gasteiger partial charge >= 0.3 is 0 Å². The molecule has 0 spiro atoms. The highest BCUT2D eigenvalue weighted by atomic mass is 16.2. The summed E-state index contributed by atoms with van der Waals surface area (Å²) >= 11 is 0. The Morgan fingerprint density at radius 1 is 0.677 bits per heavy atom. The van der Waals surface area contributed by atoms with Crippen LogP contribution in [0.4, 0.5) is 0 Å². The molecular weight excluding hydrogens is 380 g/mol. The minimum atomic E-state index is -0.267. The van der Waals surface area contributed by atoms with Crippen molar-refractivity contribution in [2.75, 3.05) is 6.54 Å². The van der Waals surface area contributed by atoms with Gasteiger partial charge in [0.05, 0.1) is 0 Å². The molecule has 3 heteroatoms. The molecule has 0 radical (unpaired) electrons. The van der Waals surface area contributed by atoms with Crippen LogP contribution in [0.1, 0.15) is 22.7 Å². The summed E-state index contributed by atoms with van der Waals surface area (Å²) in [6, 6.07) is 34.6. The van der Waals surface area contributed by atoms with Crippen LogP contribution in [0.15, 0.2) is 116 Å². The summed E-state index contributed by atoms with van der Waals surface area (Å²) in [5.74, 6) is 0.153. The molecule has 0 aliphatic heterocycles. The van der Waals surface area contributed by atoms with Crippen molar-refractivity contribution in [2.24, 2.45) is 0 Å². The van der Waals surface area contributed by atoms with Gasteiger partial charge in [-0.2, -0.15) is 0 Å². The third-order valence-corrected chi connectivity index (χ3v) is 5.59. The van der Waals surface area contributed by atoms with E-state index >= 15 is 0 Å². The molecule has 0 bridgehead atoms. The van der Waals surface area contributed by atoms with Crippen LogP contribution in [0.3, 0.4) is 0 Å². The van der Waals surface area contributed by atoms with E-state index in [1.54, 1.807) is 0 Å². The maximum absolute atomic E-state index is 13.9. The molecule has 4 aromatic rings. The van der Waals surface area contributed by atoms with Gasteiger partial charge in [-0.15, -0.1) is 0 Å². The predicted octanol–water partition coefficient (Wildman–Crippen LogP) is 5.54. The Hall–Kier alpha value is -3.59. The van der Waals surface area contributed by atoms with Crippen molar-refractivity contribution >= 4 is 5.91 Å². The Morgan fingerprint density at radius 3 is 1.77 bits per heavy atom. The van der Waals surface area contributed by atoms with E-state index in [9.17, 15) is 4.79 Å². The number of nitrogens with zero attached hydrogens (tertiary/aromatic N) is 2. The minimum Gasteiger partial charge on any atom is -0.342 e. The summed E-state index contributed by atoms with van der Waals surface area (Å²) < 4.78 is 2.04. The molecule has 0 aliphatic rings. The van der Waals surface area contributed by atoms with Crippen LogP contribution in [0.25, 0.3) is 0 Å². The zero-order valence-corrected chi connectivity index (χ0v) is 17.7. The molecule has 156 valence electrons. The van der Waals surface area contributed by atoms with Crippen molar-refractivity contribution < 1.29 is 4.79 Å². The topological polar surface area (TPSA) is 25.2 Å². The molecule has 1 heterocycles. The lowest BCUT2D eigenvalue weighted by Gasteiger charge is -2.29. The number of carbonyl (C=O) groups is 1. The molecule has 0 unspecified atom stereocenters. The summed E-state index contributed by atoms with van der Waals surface area (Å²) in [7, 11) is 0. The van der Waals surface area contributed by atoms with E-state index in [1.165, 1.54) is 5.56 Å². The van der Waals surface area contributed by atoms with E-state index in [0.29, 0.717) is 19.5 Å². The highest BCUT2D eigenvalue weighted by molar-refractivity contribution is 5.81. The number of aromatic nitrogens is 1. The van der Waals surface area contributed by atoms with Gasteiger partial charge in [0.1, 0.15) is 6.04 Å². The maximum atomic E-state index is 13.9. The lowest BCUT2D eigenvalue weighted by molar-refractivity contribution is -0.135. The SMILES string of the molecule is O=C([C@@H](Cc1ccccc1)n1cccc1)N(CCc1ccccc1)Cc1ccccc1. The molecule has 1 amide bonds. The number of amides is 1. The third-order valence-electron chi connectivity index (χ3n) is 5.59. The molecule has 0 N–H and O–H groups in total. The van der Waals surface area contributed by atoms with Gasteiger partial charge in [0.2, 0.25) is 5.91 Å². The lowest BCUT2D eigenvalue weighted by atomic mass is 10.0. The molecule has 31 heavy (non-hydrogen) atoms. The van der Waals surface area contributed by atoms with Crippen LogP contribution in [0.5, 0.6) is 0 Å². The van der Waals surface area contributed by atoms with E-state index < -0.39 is 0 Å². The largest absolute Gasteiger partial charge is 0.342 e. The number of rotatable bonds is 9. The maximum Gasteiger partial charge on any atom is 0.246 e. The smallest absolute Gasteiger partial charge is 0.246 e. The fourth-order valence-electron chi connectivity index (χ4n) is 3.90. The third kappa shape index (κ3) is 5.73. The average Bonchev–Trinajstić information content (AvgIpc) is 3.36. The van der Waals surface area contributed by atoms with E-state index in [4.69, 9.17) is 0 Å². The van der Waals surface area contributed by atoms with Gasteiger partial charge in [0.15, 0.2) is 0 Å². The predicted molar refractivity (Wildman–Crippen MR) is 126 cm³/mol. The van der Waals surface area contributed by atoms with E-state index in [1.807, 2.05) is 76.5 Å². The first-order chi connectivity index (χ1) is 15.3. The zero-order valence-electron chi connectivity index (χ0n) is 17.7. The minimum absolute atomic E-state index is 0.153. The number of hydrogen-bond donors (Lipinski definition) is 0. The monoisotopic (exact) mass is 408 g/mol. The second kappa shape index (κ2) is 10.4. The van der Waals surface area contributed by atoms with Crippen LogP contribution in [0, 0.1) is 0 Å². The van der Waals surface area contributed by atoms with Crippen molar-refractivity contribution in [3.8, 4) is 0 Å². The molecule has 0 aliphatic carbocycles. The summed E-state index contributed by atoms with van der Waals surface area (Å²) in [5.41, 5.74) is 3.56. The summed E-state index contributed by atoms with van der Waals surface area (Å²) in [6.45, 7) is 1.30. The number of carbonyl (C=O) groups excluding carboxylic acids is 1. The van der Waals surface area contributed by atoms with Crippen LogP contribution >= 0.6 is 0 Å². The average molecular weight is 409 g/mol. The first-order valence-electron chi connectivity index (χ1n) is 10.8. The van der Waals surface area contributed by atoms with Gasteiger partial charge in [-0.05, 0) is 35.2 Å². The molecule has 1 aromatic heterocycles. The van der Waals surface area contributed by atoms with Crippen molar-refractivity contribution in [1.29, 1.82) is 0 Å².